The van der Waals surface area contributed by atoms with E-state index in [1.165, 1.54) is 34.5 Å². The molecule has 0 amide bonds. The number of ether oxygens (including phenoxy) is 2. The third-order valence-electron chi connectivity index (χ3n) is 6.61. The maximum Gasteiger partial charge on any atom is 0.341 e. The molecule has 0 saturated carbocycles. The second-order valence-corrected chi connectivity index (χ2v) is 9.15. The minimum Gasteiger partial charge on any atom is -0.486 e. The molecule has 198 valence electrons. The zero-order chi connectivity index (χ0) is 25.8. The number of nitrogens with one attached hydrogen (secondary N) is 1. The van der Waals surface area contributed by atoms with Crippen LogP contribution in [0.2, 0.25) is 0 Å². The third kappa shape index (κ3) is 6.01. The second-order valence-electron chi connectivity index (χ2n) is 9.15. The van der Waals surface area contributed by atoms with Crippen molar-refractivity contribution in [1.82, 2.24) is 5.32 Å². The maximum absolute atomic E-state index is 15.0. The molecule has 2 N–H and O–H groups in total. The molecule has 1 unspecified atom stereocenters. The predicted molar refractivity (Wildman–Crippen MR) is 150 cm³/mol. The Morgan fingerprint density at radius 1 is 1.08 bits per heavy atom. The van der Waals surface area contributed by atoms with Gasteiger partial charge in [0.25, 0.3) is 0 Å². The number of anilines is 2. The highest BCUT2D eigenvalue weighted by Crippen LogP contribution is 2.40. The molecule has 0 aliphatic carbocycles. The van der Waals surface area contributed by atoms with Crippen LogP contribution in [-0.4, -0.2) is 36.9 Å². The Morgan fingerprint density at radius 3 is 2.68 bits per heavy atom. The summed E-state index contributed by atoms with van der Waals surface area (Å²) in [6, 6.07) is 26.7. The number of hydrogen-bond acceptors (Lipinski definition) is 5. The number of carbonyl (C=O) groups is 1. The first kappa shape index (κ1) is 27.2. The van der Waals surface area contributed by atoms with E-state index in [4.69, 9.17) is 14.6 Å². The van der Waals surface area contributed by atoms with Crippen molar-refractivity contribution >= 4 is 40.5 Å². The van der Waals surface area contributed by atoms with Gasteiger partial charge in [-0.15, -0.1) is 12.4 Å². The van der Waals surface area contributed by atoms with Crippen molar-refractivity contribution in [2.75, 3.05) is 24.6 Å². The van der Waals surface area contributed by atoms with Crippen molar-refractivity contribution in [3.63, 3.8) is 0 Å². The van der Waals surface area contributed by atoms with Crippen LogP contribution < -0.4 is 19.7 Å². The first-order valence-electron chi connectivity index (χ1n) is 12.4. The number of fused-ring (bicyclic) bond motifs is 2. The van der Waals surface area contributed by atoms with Crippen LogP contribution >= 0.6 is 12.4 Å². The molecule has 4 aromatic rings. The Morgan fingerprint density at radius 2 is 1.84 bits per heavy atom. The van der Waals surface area contributed by atoms with Gasteiger partial charge >= 0.3 is 5.97 Å². The van der Waals surface area contributed by atoms with E-state index in [9.17, 15) is 9.18 Å². The van der Waals surface area contributed by atoms with Crippen LogP contribution in [0.15, 0.2) is 84.9 Å². The SMILES string of the molecule is C[C@@H](NCCC1CN(c2cc(OCC(=O)O)ccc2F)c2ccccc2O1)c1cccc2ccccc12.Cl. The molecular formula is C30H30ClFN2O4. The molecule has 1 aliphatic rings. The van der Waals surface area contributed by atoms with E-state index in [1.54, 1.807) is 0 Å². The molecule has 5 rings (SSSR count). The van der Waals surface area contributed by atoms with Crippen molar-refractivity contribution in [1.29, 1.82) is 0 Å². The fraction of sp³-hybridized carbons (Fsp3) is 0.233. The van der Waals surface area contributed by atoms with E-state index in [0.29, 0.717) is 23.7 Å². The van der Waals surface area contributed by atoms with E-state index in [0.717, 1.165) is 18.7 Å². The molecule has 0 aromatic heterocycles. The quantitative estimate of drug-likeness (QED) is 0.254. The molecule has 1 aliphatic heterocycles. The van der Waals surface area contributed by atoms with Gasteiger partial charge in [-0.05, 0) is 60.5 Å². The summed E-state index contributed by atoms with van der Waals surface area (Å²) in [5.74, 6) is -0.532. The van der Waals surface area contributed by atoms with Gasteiger partial charge in [0, 0.05) is 12.1 Å². The molecule has 0 fully saturated rings. The Bertz CT molecular complexity index is 1410. The average Bonchev–Trinajstić information content (AvgIpc) is 2.91. The van der Waals surface area contributed by atoms with E-state index < -0.39 is 18.4 Å². The standard InChI is InChI=1S/C30H29FN2O4.ClH/c1-20(24-10-6-8-21-7-2-3-9-25(21)24)32-16-15-23-18-33(27-11-4-5-12-29(27)37-23)28-17-22(13-14-26(28)31)36-19-30(34)35;/h2-14,17,20,23,32H,15-16,18-19H2,1H3,(H,34,35);1H/t20-,23?;/m1./s1. The first-order valence-corrected chi connectivity index (χ1v) is 12.4. The summed E-state index contributed by atoms with van der Waals surface area (Å²) < 4.78 is 26.6. The van der Waals surface area contributed by atoms with Gasteiger partial charge in [-0.3, -0.25) is 0 Å². The van der Waals surface area contributed by atoms with Crippen molar-refractivity contribution in [3.05, 3.63) is 96.3 Å². The van der Waals surface area contributed by atoms with E-state index in [1.807, 2.05) is 35.2 Å². The lowest BCUT2D eigenvalue weighted by atomic mass is 9.99. The Balaban J connectivity index is 0.00000336. The average molecular weight is 537 g/mol. The normalized spacial score (nSPS) is 15.2. The topological polar surface area (TPSA) is 71.0 Å². The van der Waals surface area contributed by atoms with Gasteiger partial charge in [-0.1, -0.05) is 54.6 Å². The molecule has 6 nitrogen and oxygen atoms in total. The van der Waals surface area contributed by atoms with Gasteiger partial charge < -0.3 is 24.8 Å². The first-order chi connectivity index (χ1) is 18.0. The minimum atomic E-state index is -1.09. The van der Waals surface area contributed by atoms with E-state index in [2.05, 4.69) is 48.6 Å². The van der Waals surface area contributed by atoms with Gasteiger partial charge in [0.15, 0.2) is 6.61 Å². The molecular weight excluding hydrogens is 507 g/mol. The Hall–Kier alpha value is -3.81. The van der Waals surface area contributed by atoms with Crippen molar-refractivity contribution in [2.24, 2.45) is 0 Å². The Kier molecular flexibility index (Phi) is 8.71. The highest BCUT2D eigenvalue weighted by molar-refractivity contribution is 5.86. The molecule has 2 atom stereocenters. The van der Waals surface area contributed by atoms with Crippen molar-refractivity contribution < 1.29 is 23.8 Å². The number of para-hydroxylation sites is 2. The lowest BCUT2D eigenvalue weighted by Gasteiger charge is -2.36. The largest absolute Gasteiger partial charge is 0.486 e. The highest BCUT2D eigenvalue weighted by Gasteiger charge is 2.28. The van der Waals surface area contributed by atoms with Gasteiger partial charge in [0.1, 0.15) is 23.4 Å². The zero-order valence-corrected chi connectivity index (χ0v) is 21.8. The number of rotatable bonds is 9. The summed E-state index contributed by atoms with van der Waals surface area (Å²) >= 11 is 0. The van der Waals surface area contributed by atoms with Crippen LogP contribution in [0, 0.1) is 5.82 Å². The highest BCUT2D eigenvalue weighted by atomic mass is 35.5. The number of carboxylic acid groups (broad SMARTS) is 1. The number of nitrogens with zero attached hydrogens (tertiary/aromatic N) is 1. The number of carboxylic acids is 1. The van der Waals surface area contributed by atoms with Crippen molar-refractivity contribution in [3.8, 4) is 11.5 Å². The van der Waals surface area contributed by atoms with Crippen LogP contribution in [0.1, 0.15) is 24.9 Å². The lowest BCUT2D eigenvalue weighted by Crippen LogP contribution is -2.39. The smallest absolute Gasteiger partial charge is 0.341 e. The number of halogens is 2. The Labute approximate surface area is 227 Å². The molecule has 1 heterocycles. The molecule has 38 heavy (non-hydrogen) atoms. The van der Waals surface area contributed by atoms with Gasteiger partial charge in [-0.2, -0.15) is 0 Å². The zero-order valence-electron chi connectivity index (χ0n) is 21.0. The van der Waals surface area contributed by atoms with Crippen LogP contribution in [0.5, 0.6) is 11.5 Å². The monoisotopic (exact) mass is 536 g/mol. The predicted octanol–water partition coefficient (Wildman–Crippen LogP) is 6.50. The van der Waals surface area contributed by atoms with E-state index in [-0.39, 0.29) is 24.6 Å². The maximum atomic E-state index is 15.0. The molecule has 8 heteroatoms. The summed E-state index contributed by atoms with van der Waals surface area (Å²) in [6.07, 6.45) is 0.543. The van der Waals surface area contributed by atoms with Crippen LogP contribution in [-0.2, 0) is 4.79 Å². The number of hydrogen-bond donors (Lipinski definition) is 2. The summed E-state index contributed by atoms with van der Waals surface area (Å²) in [5.41, 5.74) is 2.32. The second kappa shape index (κ2) is 12.2. The molecule has 4 aromatic carbocycles. The molecule has 0 radical (unpaired) electrons. The fourth-order valence-electron chi connectivity index (χ4n) is 4.81. The summed E-state index contributed by atoms with van der Waals surface area (Å²) in [6.45, 7) is 2.83. The number of aliphatic carboxylic acids is 1. The lowest BCUT2D eigenvalue weighted by molar-refractivity contribution is -0.139. The van der Waals surface area contributed by atoms with Crippen LogP contribution in [0.4, 0.5) is 15.8 Å². The third-order valence-corrected chi connectivity index (χ3v) is 6.61. The van der Waals surface area contributed by atoms with Gasteiger partial charge in [0.05, 0.1) is 17.9 Å². The molecule has 0 saturated heterocycles. The molecule has 0 spiro atoms. The fourth-order valence-corrected chi connectivity index (χ4v) is 4.81. The number of benzene rings is 4. The van der Waals surface area contributed by atoms with Gasteiger partial charge in [-0.25, -0.2) is 9.18 Å². The summed E-state index contributed by atoms with van der Waals surface area (Å²) in [7, 11) is 0. The van der Waals surface area contributed by atoms with Gasteiger partial charge in [0.2, 0.25) is 0 Å². The van der Waals surface area contributed by atoms with Crippen LogP contribution in [0.3, 0.4) is 0 Å². The molecule has 0 bridgehead atoms. The van der Waals surface area contributed by atoms with E-state index >= 15 is 0 Å². The minimum absolute atomic E-state index is 0. The van der Waals surface area contributed by atoms with Crippen LogP contribution in [0.25, 0.3) is 10.8 Å². The summed E-state index contributed by atoms with van der Waals surface area (Å²) in [4.78, 5) is 12.8. The van der Waals surface area contributed by atoms with Crippen molar-refractivity contribution in [2.45, 2.75) is 25.5 Å². The summed E-state index contributed by atoms with van der Waals surface area (Å²) in [5, 5.41) is 15.0.